The van der Waals surface area contributed by atoms with Crippen LogP contribution >= 0.6 is 0 Å². The molecular formula is C19H19N5O4. The molecule has 0 unspecified atom stereocenters. The number of nitrogens with zero attached hydrogens (tertiary/aromatic N) is 3. The van der Waals surface area contributed by atoms with Crippen molar-refractivity contribution in [1.29, 1.82) is 0 Å². The van der Waals surface area contributed by atoms with Gasteiger partial charge in [-0.15, -0.1) is 0 Å². The molecule has 0 saturated heterocycles. The first-order chi connectivity index (χ1) is 13.5. The monoisotopic (exact) mass is 381 g/mol. The topological polar surface area (TPSA) is 111 Å². The van der Waals surface area contributed by atoms with Gasteiger partial charge >= 0.3 is 0 Å². The molecule has 144 valence electrons. The lowest BCUT2D eigenvalue weighted by Gasteiger charge is -2.08. The first kappa shape index (κ1) is 17.8. The maximum absolute atomic E-state index is 12.3. The van der Waals surface area contributed by atoms with Crippen LogP contribution < -0.4 is 20.3 Å². The standard InChI is InChI=1S/C19H19N5O4/c1-11-12(2)21-9-24(19(11)26)6-5-20-18(25)15-8-14(22-23-15)13-3-4-16-17(7-13)28-10-27-16/h3-4,7-9H,5-6,10H2,1-2H3,(H,20,25)(H,22,23). The van der Waals surface area contributed by atoms with Gasteiger partial charge in [0.2, 0.25) is 6.79 Å². The van der Waals surface area contributed by atoms with E-state index in [1.807, 2.05) is 12.1 Å². The van der Waals surface area contributed by atoms with Crippen LogP contribution in [0.25, 0.3) is 11.3 Å². The van der Waals surface area contributed by atoms with E-state index in [0.29, 0.717) is 47.2 Å². The Morgan fingerprint density at radius 3 is 2.93 bits per heavy atom. The summed E-state index contributed by atoms with van der Waals surface area (Å²) in [5.74, 6) is 1.04. The van der Waals surface area contributed by atoms with Crippen molar-refractivity contribution in [1.82, 2.24) is 25.1 Å². The van der Waals surface area contributed by atoms with Crippen LogP contribution in [0.5, 0.6) is 11.5 Å². The van der Waals surface area contributed by atoms with Crippen LogP contribution in [0.4, 0.5) is 0 Å². The number of rotatable bonds is 5. The molecule has 2 aromatic heterocycles. The molecule has 3 aromatic rings. The molecule has 1 amide bonds. The molecule has 4 rings (SSSR count). The smallest absolute Gasteiger partial charge is 0.269 e. The molecule has 2 N–H and O–H groups in total. The van der Waals surface area contributed by atoms with Gasteiger partial charge in [0.25, 0.3) is 11.5 Å². The number of aromatic amines is 1. The molecule has 3 heterocycles. The van der Waals surface area contributed by atoms with E-state index in [1.165, 1.54) is 10.9 Å². The Balaban J connectivity index is 1.40. The summed E-state index contributed by atoms with van der Waals surface area (Å²) in [5, 5.41) is 9.69. The van der Waals surface area contributed by atoms with Crippen LogP contribution in [-0.2, 0) is 6.54 Å². The maximum Gasteiger partial charge on any atom is 0.269 e. The van der Waals surface area contributed by atoms with Crippen molar-refractivity contribution in [3.63, 3.8) is 0 Å². The number of nitrogens with one attached hydrogen (secondary N) is 2. The Morgan fingerprint density at radius 2 is 2.07 bits per heavy atom. The fraction of sp³-hybridized carbons (Fsp3) is 0.263. The number of aryl methyl sites for hydroxylation is 1. The largest absolute Gasteiger partial charge is 0.454 e. The van der Waals surface area contributed by atoms with Gasteiger partial charge in [-0.3, -0.25) is 19.3 Å². The van der Waals surface area contributed by atoms with Gasteiger partial charge in [0.1, 0.15) is 5.69 Å². The Hall–Kier alpha value is -3.62. The quantitative estimate of drug-likeness (QED) is 0.691. The first-order valence-electron chi connectivity index (χ1n) is 8.79. The highest BCUT2D eigenvalue weighted by Crippen LogP contribution is 2.35. The lowest BCUT2D eigenvalue weighted by molar-refractivity contribution is 0.0947. The summed E-state index contributed by atoms with van der Waals surface area (Å²) in [4.78, 5) is 28.7. The van der Waals surface area contributed by atoms with E-state index in [-0.39, 0.29) is 18.3 Å². The van der Waals surface area contributed by atoms with Crippen molar-refractivity contribution >= 4 is 5.91 Å². The average Bonchev–Trinajstić information content (AvgIpc) is 3.36. The third kappa shape index (κ3) is 3.34. The molecule has 28 heavy (non-hydrogen) atoms. The molecule has 1 aromatic carbocycles. The van der Waals surface area contributed by atoms with Gasteiger partial charge in [-0.2, -0.15) is 5.10 Å². The summed E-state index contributed by atoms with van der Waals surface area (Å²) in [6.45, 7) is 4.36. The molecule has 1 aliphatic rings. The Labute approximate surface area is 160 Å². The highest BCUT2D eigenvalue weighted by Gasteiger charge is 2.16. The lowest BCUT2D eigenvalue weighted by Crippen LogP contribution is -2.32. The summed E-state index contributed by atoms with van der Waals surface area (Å²) >= 11 is 0. The SMILES string of the molecule is Cc1ncn(CCNC(=O)c2cc(-c3ccc4c(c3)OCO4)n[nH]2)c(=O)c1C. The molecule has 0 saturated carbocycles. The summed E-state index contributed by atoms with van der Waals surface area (Å²) in [5.41, 5.74) is 2.98. The number of fused-ring (bicyclic) bond motifs is 1. The molecule has 0 aliphatic carbocycles. The average molecular weight is 381 g/mol. The fourth-order valence-electron chi connectivity index (χ4n) is 2.86. The second kappa shape index (κ2) is 7.18. The number of amides is 1. The second-order valence-electron chi connectivity index (χ2n) is 6.44. The third-order valence-electron chi connectivity index (χ3n) is 4.64. The number of hydrogen-bond acceptors (Lipinski definition) is 6. The molecule has 1 aliphatic heterocycles. The van der Waals surface area contributed by atoms with Crippen LogP contribution in [-0.4, -0.2) is 39.0 Å². The Bertz CT molecular complexity index is 1100. The van der Waals surface area contributed by atoms with E-state index in [9.17, 15) is 9.59 Å². The van der Waals surface area contributed by atoms with Crippen molar-refractivity contribution in [2.45, 2.75) is 20.4 Å². The molecule has 0 fully saturated rings. The summed E-state index contributed by atoms with van der Waals surface area (Å²) < 4.78 is 12.1. The lowest BCUT2D eigenvalue weighted by atomic mass is 10.1. The van der Waals surface area contributed by atoms with E-state index in [4.69, 9.17) is 9.47 Å². The number of carbonyl (C=O) groups is 1. The number of benzene rings is 1. The van der Waals surface area contributed by atoms with Crippen molar-refractivity contribution in [3.8, 4) is 22.8 Å². The van der Waals surface area contributed by atoms with Crippen molar-refractivity contribution in [3.05, 3.63) is 57.9 Å². The maximum atomic E-state index is 12.3. The van der Waals surface area contributed by atoms with Crippen molar-refractivity contribution in [2.24, 2.45) is 0 Å². The zero-order chi connectivity index (χ0) is 19.7. The van der Waals surface area contributed by atoms with E-state index in [2.05, 4.69) is 20.5 Å². The Morgan fingerprint density at radius 1 is 1.25 bits per heavy atom. The zero-order valence-corrected chi connectivity index (χ0v) is 15.5. The number of ether oxygens (including phenoxy) is 2. The van der Waals surface area contributed by atoms with E-state index in [0.717, 1.165) is 5.56 Å². The van der Waals surface area contributed by atoms with E-state index < -0.39 is 0 Å². The second-order valence-corrected chi connectivity index (χ2v) is 6.44. The number of aromatic nitrogens is 4. The first-order valence-corrected chi connectivity index (χ1v) is 8.79. The van der Waals surface area contributed by atoms with E-state index in [1.54, 1.807) is 26.0 Å². The van der Waals surface area contributed by atoms with Crippen LogP contribution in [0.15, 0.2) is 35.4 Å². The van der Waals surface area contributed by atoms with Crippen molar-refractivity contribution < 1.29 is 14.3 Å². The Kier molecular flexibility index (Phi) is 4.56. The van der Waals surface area contributed by atoms with E-state index >= 15 is 0 Å². The summed E-state index contributed by atoms with van der Waals surface area (Å²) in [6.07, 6.45) is 1.49. The minimum Gasteiger partial charge on any atom is -0.454 e. The predicted octanol–water partition coefficient (Wildman–Crippen LogP) is 1.41. The minimum atomic E-state index is -0.302. The van der Waals surface area contributed by atoms with Crippen LogP contribution in [0, 0.1) is 13.8 Å². The fourth-order valence-corrected chi connectivity index (χ4v) is 2.86. The molecule has 9 heteroatoms. The molecule has 0 atom stereocenters. The van der Waals surface area contributed by atoms with Crippen molar-refractivity contribution in [2.75, 3.05) is 13.3 Å². The van der Waals surface area contributed by atoms with Gasteiger partial charge in [0, 0.05) is 29.9 Å². The van der Waals surface area contributed by atoms with Gasteiger partial charge in [-0.1, -0.05) is 0 Å². The summed E-state index contributed by atoms with van der Waals surface area (Å²) in [6, 6.07) is 7.14. The highest BCUT2D eigenvalue weighted by atomic mass is 16.7. The van der Waals surface area contributed by atoms with Crippen LogP contribution in [0.3, 0.4) is 0 Å². The molecular weight excluding hydrogens is 362 g/mol. The van der Waals surface area contributed by atoms with Gasteiger partial charge in [0.05, 0.1) is 12.0 Å². The predicted molar refractivity (Wildman–Crippen MR) is 100 cm³/mol. The third-order valence-corrected chi connectivity index (χ3v) is 4.64. The summed E-state index contributed by atoms with van der Waals surface area (Å²) in [7, 11) is 0. The number of carbonyl (C=O) groups excluding carboxylic acids is 1. The minimum absolute atomic E-state index is 0.103. The van der Waals surface area contributed by atoms with Gasteiger partial charge in [-0.25, -0.2) is 4.98 Å². The van der Waals surface area contributed by atoms with Crippen LogP contribution in [0.1, 0.15) is 21.7 Å². The highest BCUT2D eigenvalue weighted by molar-refractivity contribution is 5.93. The normalized spacial score (nSPS) is 12.2. The van der Waals surface area contributed by atoms with Crippen LogP contribution in [0.2, 0.25) is 0 Å². The molecule has 9 nitrogen and oxygen atoms in total. The molecule has 0 bridgehead atoms. The van der Waals surface area contributed by atoms with Gasteiger partial charge in [-0.05, 0) is 38.1 Å². The number of hydrogen-bond donors (Lipinski definition) is 2. The van der Waals surface area contributed by atoms with Gasteiger partial charge in [0.15, 0.2) is 11.5 Å². The molecule has 0 spiro atoms. The number of H-pyrrole nitrogens is 1. The van der Waals surface area contributed by atoms with Gasteiger partial charge < -0.3 is 14.8 Å². The molecule has 0 radical (unpaired) electrons. The zero-order valence-electron chi connectivity index (χ0n) is 15.5.